The van der Waals surface area contributed by atoms with Gasteiger partial charge in [0.2, 0.25) is 11.8 Å². The number of hydrogen-bond acceptors (Lipinski definition) is 5. The number of amides is 3. The van der Waals surface area contributed by atoms with E-state index in [2.05, 4.69) is 10.3 Å². The number of nitrogens with zero attached hydrogens (tertiary/aromatic N) is 3. The first kappa shape index (κ1) is 26.0. The van der Waals surface area contributed by atoms with E-state index in [1.165, 1.54) is 6.42 Å². The molecule has 2 heterocycles. The lowest BCUT2D eigenvalue weighted by Gasteiger charge is -2.30. The zero-order valence-electron chi connectivity index (χ0n) is 20.9. The lowest BCUT2D eigenvalue weighted by atomic mass is 9.88. The van der Waals surface area contributed by atoms with E-state index in [0.29, 0.717) is 32.6 Å². The summed E-state index contributed by atoms with van der Waals surface area (Å²) in [5, 5.41) is 2.99. The molecule has 1 saturated carbocycles. The number of aromatic nitrogens is 1. The molecule has 1 N–H and O–H groups in total. The normalized spacial score (nSPS) is 19.0. The fraction of sp³-hybridized carbons (Fsp3) is 0.692. The molecule has 8 nitrogen and oxygen atoms in total. The van der Waals surface area contributed by atoms with Gasteiger partial charge in [0.05, 0.1) is 6.54 Å². The molecule has 3 amide bonds. The van der Waals surface area contributed by atoms with E-state index in [9.17, 15) is 14.4 Å². The van der Waals surface area contributed by atoms with Gasteiger partial charge >= 0.3 is 6.09 Å². The fourth-order valence-electron chi connectivity index (χ4n) is 4.76. The predicted octanol–water partition coefficient (Wildman–Crippen LogP) is 3.90. The summed E-state index contributed by atoms with van der Waals surface area (Å²) >= 11 is 0. The Morgan fingerprint density at radius 3 is 2.59 bits per heavy atom. The molecule has 1 aliphatic carbocycles. The van der Waals surface area contributed by atoms with Crippen molar-refractivity contribution in [2.75, 3.05) is 19.6 Å². The Labute approximate surface area is 203 Å². The minimum Gasteiger partial charge on any atom is -0.444 e. The molecule has 0 bridgehead atoms. The fourth-order valence-corrected chi connectivity index (χ4v) is 4.76. The van der Waals surface area contributed by atoms with Crippen molar-refractivity contribution in [1.82, 2.24) is 20.1 Å². The average Bonchev–Trinajstić information content (AvgIpc) is 3.30. The van der Waals surface area contributed by atoms with Gasteiger partial charge in [-0.15, -0.1) is 0 Å². The average molecular weight is 473 g/mol. The summed E-state index contributed by atoms with van der Waals surface area (Å²) in [4.78, 5) is 46.2. The van der Waals surface area contributed by atoms with Crippen LogP contribution in [0.15, 0.2) is 24.5 Å². The van der Waals surface area contributed by atoms with Gasteiger partial charge < -0.3 is 19.9 Å². The third kappa shape index (κ3) is 7.71. The van der Waals surface area contributed by atoms with E-state index in [1.807, 2.05) is 32.9 Å². The van der Waals surface area contributed by atoms with E-state index in [1.54, 1.807) is 22.2 Å². The molecule has 0 radical (unpaired) electrons. The third-order valence-corrected chi connectivity index (χ3v) is 6.44. The van der Waals surface area contributed by atoms with Gasteiger partial charge in [-0.05, 0) is 64.5 Å². The molecule has 34 heavy (non-hydrogen) atoms. The van der Waals surface area contributed by atoms with Crippen LogP contribution in [0, 0.1) is 5.92 Å². The minimum absolute atomic E-state index is 0.0806. The molecule has 3 rings (SSSR count). The van der Waals surface area contributed by atoms with Crippen molar-refractivity contribution in [1.29, 1.82) is 0 Å². The quantitative estimate of drug-likeness (QED) is 0.580. The summed E-state index contributed by atoms with van der Waals surface area (Å²) < 4.78 is 5.56. The van der Waals surface area contributed by atoms with Crippen LogP contribution in [-0.2, 0) is 20.9 Å². The van der Waals surface area contributed by atoms with Gasteiger partial charge in [0.25, 0.3) is 0 Å². The highest BCUT2D eigenvalue weighted by molar-refractivity contribution is 5.89. The van der Waals surface area contributed by atoms with Crippen LogP contribution in [-0.4, -0.2) is 64.0 Å². The van der Waals surface area contributed by atoms with Gasteiger partial charge in [-0.1, -0.05) is 25.3 Å². The number of ether oxygens (including phenoxy) is 1. The van der Waals surface area contributed by atoms with Crippen molar-refractivity contribution in [2.45, 2.75) is 90.3 Å². The summed E-state index contributed by atoms with van der Waals surface area (Å²) in [5.41, 5.74) is 0.329. The molecule has 2 aliphatic rings. The summed E-state index contributed by atoms with van der Waals surface area (Å²) in [6.45, 7) is 7.47. The van der Waals surface area contributed by atoms with Crippen molar-refractivity contribution >= 4 is 17.9 Å². The molecule has 188 valence electrons. The van der Waals surface area contributed by atoms with Gasteiger partial charge in [0, 0.05) is 37.9 Å². The number of likely N-dealkylation sites (tertiary alicyclic amines) is 1. The number of nitrogens with one attached hydrogen (secondary N) is 1. The first-order valence-corrected chi connectivity index (χ1v) is 12.7. The summed E-state index contributed by atoms with van der Waals surface area (Å²) in [6, 6.07) is 3.39. The molecule has 1 unspecified atom stereocenters. The van der Waals surface area contributed by atoms with E-state index in [0.717, 1.165) is 44.1 Å². The Kier molecular flexibility index (Phi) is 9.30. The van der Waals surface area contributed by atoms with E-state index < -0.39 is 5.60 Å². The molecule has 1 aromatic heterocycles. The Hall–Kier alpha value is -2.64. The standard InChI is InChI=1S/C26H40N4O4/c1-26(2,3)34-25(33)29(19-20-10-7-14-27-18-20)16-9-15-28-23(31)22-13-8-17-30(22)24(32)21-11-5-4-6-12-21/h7,10,14,18,21-22H,4-6,8-9,11-13,15-17,19H2,1-3H3,(H,28,31). The topological polar surface area (TPSA) is 91.8 Å². The van der Waals surface area contributed by atoms with Crippen LogP contribution in [0.1, 0.15) is 77.7 Å². The van der Waals surface area contributed by atoms with Gasteiger partial charge in [0.1, 0.15) is 11.6 Å². The third-order valence-electron chi connectivity index (χ3n) is 6.44. The summed E-state index contributed by atoms with van der Waals surface area (Å²) in [7, 11) is 0. The van der Waals surface area contributed by atoms with Crippen LogP contribution in [0.25, 0.3) is 0 Å². The molecule has 8 heteroatoms. The van der Waals surface area contributed by atoms with E-state index in [4.69, 9.17) is 4.74 Å². The molecule has 1 aliphatic heterocycles. The first-order chi connectivity index (χ1) is 16.2. The van der Waals surface area contributed by atoms with Crippen LogP contribution in [0.2, 0.25) is 0 Å². The molecule has 0 spiro atoms. The second-order valence-electron chi connectivity index (χ2n) is 10.4. The molecule has 2 fully saturated rings. The molecule has 1 atom stereocenters. The van der Waals surface area contributed by atoms with Crippen molar-refractivity contribution < 1.29 is 19.1 Å². The van der Waals surface area contributed by atoms with E-state index >= 15 is 0 Å². The van der Waals surface area contributed by atoms with Crippen molar-refractivity contribution in [3.63, 3.8) is 0 Å². The van der Waals surface area contributed by atoms with Gasteiger partial charge in [-0.25, -0.2) is 4.79 Å². The molecular weight excluding hydrogens is 432 g/mol. The lowest BCUT2D eigenvalue weighted by molar-refractivity contribution is -0.142. The SMILES string of the molecule is CC(C)(C)OC(=O)N(CCCNC(=O)C1CCCN1C(=O)C1CCCCC1)Cc1cccnc1. The van der Waals surface area contributed by atoms with Gasteiger partial charge in [0.15, 0.2) is 0 Å². The molecule has 1 aromatic rings. The smallest absolute Gasteiger partial charge is 0.410 e. The van der Waals surface area contributed by atoms with Gasteiger partial charge in [-0.3, -0.25) is 14.6 Å². The first-order valence-electron chi connectivity index (χ1n) is 12.7. The van der Waals surface area contributed by atoms with Crippen LogP contribution >= 0.6 is 0 Å². The number of rotatable bonds is 8. The minimum atomic E-state index is -0.588. The Morgan fingerprint density at radius 1 is 1.15 bits per heavy atom. The second kappa shape index (κ2) is 12.2. The number of hydrogen-bond donors (Lipinski definition) is 1. The molecular formula is C26H40N4O4. The summed E-state index contributed by atoms with van der Waals surface area (Å²) in [6.07, 6.45) is 10.5. The molecule has 0 aromatic carbocycles. The zero-order chi connectivity index (χ0) is 24.6. The second-order valence-corrected chi connectivity index (χ2v) is 10.4. The van der Waals surface area contributed by atoms with E-state index in [-0.39, 0.29) is 29.9 Å². The Balaban J connectivity index is 1.50. The molecule has 1 saturated heterocycles. The Morgan fingerprint density at radius 2 is 1.91 bits per heavy atom. The highest BCUT2D eigenvalue weighted by Crippen LogP contribution is 2.28. The number of pyridine rings is 1. The predicted molar refractivity (Wildman–Crippen MR) is 130 cm³/mol. The zero-order valence-corrected chi connectivity index (χ0v) is 20.9. The Bertz CT molecular complexity index is 818. The number of carbonyl (C=O) groups excluding carboxylic acids is 3. The monoisotopic (exact) mass is 472 g/mol. The number of carbonyl (C=O) groups is 3. The maximum absolute atomic E-state index is 13.0. The van der Waals surface area contributed by atoms with Crippen LogP contribution in [0.5, 0.6) is 0 Å². The summed E-state index contributed by atoms with van der Waals surface area (Å²) in [5.74, 6) is 0.152. The van der Waals surface area contributed by atoms with Crippen LogP contribution in [0.4, 0.5) is 4.79 Å². The van der Waals surface area contributed by atoms with Crippen molar-refractivity contribution in [2.24, 2.45) is 5.92 Å². The largest absolute Gasteiger partial charge is 0.444 e. The highest BCUT2D eigenvalue weighted by Gasteiger charge is 2.37. The van der Waals surface area contributed by atoms with Crippen molar-refractivity contribution in [3.05, 3.63) is 30.1 Å². The van der Waals surface area contributed by atoms with Crippen LogP contribution in [0.3, 0.4) is 0 Å². The van der Waals surface area contributed by atoms with Crippen LogP contribution < -0.4 is 5.32 Å². The van der Waals surface area contributed by atoms with Crippen molar-refractivity contribution in [3.8, 4) is 0 Å². The maximum atomic E-state index is 13.0. The maximum Gasteiger partial charge on any atom is 0.410 e. The lowest BCUT2D eigenvalue weighted by Crippen LogP contribution is -2.48. The van der Waals surface area contributed by atoms with Gasteiger partial charge in [-0.2, -0.15) is 0 Å². The highest BCUT2D eigenvalue weighted by atomic mass is 16.6.